The van der Waals surface area contributed by atoms with Crippen LogP contribution in [0.25, 0.3) is 5.95 Å². The van der Waals surface area contributed by atoms with Gasteiger partial charge in [0.2, 0.25) is 5.28 Å². The Morgan fingerprint density at radius 2 is 2.10 bits per heavy atom. The molecule has 0 saturated heterocycles. The fourth-order valence-corrected chi connectivity index (χ4v) is 1.82. The minimum atomic E-state index is -0.468. The van der Waals surface area contributed by atoms with Gasteiger partial charge in [-0.2, -0.15) is 24.7 Å². The predicted molar refractivity (Wildman–Crippen MR) is 73.9 cm³/mol. The van der Waals surface area contributed by atoms with Gasteiger partial charge in [0, 0.05) is 6.07 Å². The topological polar surface area (TPSA) is 78.6 Å². The highest BCUT2D eigenvalue weighted by Crippen LogP contribution is 2.24. The van der Waals surface area contributed by atoms with Crippen molar-refractivity contribution in [1.29, 1.82) is 0 Å². The molecule has 0 radical (unpaired) electrons. The molecule has 3 aromatic rings. The summed E-state index contributed by atoms with van der Waals surface area (Å²) < 4.78 is 20.4. The number of ether oxygens (including phenoxy) is 1. The van der Waals surface area contributed by atoms with Crippen LogP contribution in [0, 0.1) is 5.82 Å². The summed E-state index contributed by atoms with van der Waals surface area (Å²) in [5.41, 5.74) is 0. The van der Waals surface area contributed by atoms with Crippen LogP contribution in [-0.4, -0.2) is 29.7 Å². The van der Waals surface area contributed by atoms with Gasteiger partial charge in [-0.25, -0.2) is 9.37 Å². The fraction of sp³-hybridized carbons (Fsp3) is 0. The van der Waals surface area contributed by atoms with E-state index in [1.54, 1.807) is 6.07 Å². The van der Waals surface area contributed by atoms with E-state index in [0.29, 0.717) is 4.47 Å². The number of benzene rings is 1. The Hall–Kier alpha value is -2.13. The number of hydrogen-bond acceptors (Lipinski definition) is 6. The van der Waals surface area contributed by atoms with E-state index >= 15 is 0 Å². The van der Waals surface area contributed by atoms with Crippen LogP contribution in [0.5, 0.6) is 11.8 Å². The van der Waals surface area contributed by atoms with Gasteiger partial charge in [0.15, 0.2) is 0 Å². The van der Waals surface area contributed by atoms with Gasteiger partial charge in [0.1, 0.15) is 24.2 Å². The summed E-state index contributed by atoms with van der Waals surface area (Å²) in [7, 11) is 0. The van der Waals surface area contributed by atoms with Crippen LogP contribution in [-0.2, 0) is 0 Å². The largest absolute Gasteiger partial charge is 0.424 e. The summed E-state index contributed by atoms with van der Waals surface area (Å²) in [5, 5.41) is 3.79. The van der Waals surface area contributed by atoms with Crippen LogP contribution in [0.2, 0.25) is 5.28 Å². The lowest BCUT2D eigenvalue weighted by molar-refractivity contribution is 0.433. The molecule has 0 spiro atoms. The average molecular weight is 372 g/mol. The van der Waals surface area contributed by atoms with Crippen molar-refractivity contribution in [3.63, 3.8) is 0 Å². The van der Waals surface area contributed by atoms with Crippen molar-refractivity contribution in [1.82, 2.24) is 29.7 Å². The predicted octanol–water partition coefficient (Wildman–Crippen LogP) is 2.80. The zero-order valence-electron chi connectivity index (χ0n) is 10.1. The second kappa shape index (κ2) is 5.70. The maximum Gasteiger partial charge on any atom is 0.328 e. The van der Waals surface area contributed by atoms with Gasteiger partial charge in [-0.1, -0.05) is 0 Å². The van der Waals surface area contributed by atoms with E-state index in [2.05, 4.69) is 41.0 Å². The summed E-state index contributed by atoms with van der Waals surface area (Å²) in [4.78, 5) is 15.5. The van der Waals surface area contributed by atoms with Gasteiger partial charge in [-0.15, -0.1) is 0 Å². The van der Waals surface area contributed by atoms with Gasteiger partial charge < -0.3 is 4.74 Å². The molecule has 21 heavy (non-hydrogen) atoms. The van der Waals surface area contributed by atoms with Crippen molar-refractivity contribution in [2.45, 2.75) is 0 Å². The highest BCUT2D eigenvalue weighted by Gasteiger charge is 2.10. The quantitative estimate of drug-likeness (QED) is 0.704. The first kappa shape index (κ1) is 13.8. The van der Waals surface area contributed by atoms with Crippen LogP contribution in [0.3, 0.4) is 0 Å². The normalized spacial score (nSPS) is 10.6. The van der Waals surface area contributed by atoms with Crippen molar-refractivity contribution < 1.29 is 9.13 Å². The third kappa shape index (κ3) is 3.14. The van der Waals surface area contributed by atoms with E-state index in [-0.39, 0.29) is 23.0 Å². The Morgan fingerprint density at radius 1 is 1.24 bits per heavy atom. The van der Waals surface area contributed by atoms with Crippen molar-refractivity contribution in [3.8, 4) is 17.7 Å². The van der Waals surface area contributed by atoms with Gasteiger partial charge in [-0.3, -0.25) is 0 Å². The lowest BCUT2D eigenvalue weighted by atomic mass is 10.3. The van der Waals surface area contributed by atoms with Crippen LogP contribution < -0.4 is 4.74 Å². The maximum atomic E-state index is 13.4. The number of hydrogen-bond donors (Lipinski definition) is 0. The third-order valence-corrected chi connectivity index (χ3v) is 3.11. The van der Waals surface area contributed by atoms with Crippen molar-refractivity contribution in [2.75, 3.05) is 0 Å². The lowest BCUT2D eigenvalue weighted by Gasteiger charge is -2.06. The molecular formula is C11H5BrClFN6O. The molecule has 0 atom stereocenters. The van der Waals surface area contributed by atoms with Gasteiger partial charge in [-0.05, 0) is 39.7 Å². The summed E-state index contributed by atoms with van der Waals surface area (Å²) in [6.45, 7) is 0. The highest BCUT2D eigenvalue weighted by molar-refractivity contribution is 9.10. The molecule has 0 saturated carbocycles. The third-order valence-electron chi connectivity index (χ3n) is 2.30. The van der Waals surface area contributed by atoms with E-state index in [0.717, 1.165) is 0 Å². The fourth-order valence-electron chi connectivity index (χ4n) is 1.43. The molecule has 0 unspecified atom stereocenters. The first-order valence-corrected chi connectivity index (χ1v) is 6.68. The molecule has 106 valence electrons. The Balaban J connectivity index is 1.93. The van der Waals surface area contributed by atoms with E-state index in [4.69, 9.17) is 16.3 Å². The highest BCUT2D eigenvalue weighted by atomic mass is 79.9. The molecule has 0 aliphatic carbocycles. The van der Waals surface area contributed by atoms with E-state index < -0.39 is 5.82 Å². The van der Waals surface area contributed by atoms with E-state index in [1.807, 2.05) is 0 Å². The lowest BCUT2D eigenvalue weighted by Crippen LogP contribution is -2.05. The molecule has 0 aliphatic rings. The smallest absolute Gasteiger partial charge is 0.328 e. The molecule has 3 rings (SSSR count). The molecule has 7 nitrogen and oxygen atoms in total. The summed E-state index contributed by atoms with van der Waals surface area (Å²) in [6, 6.07) is 4.17. The molecule has 0 fully saturated rings. The van der Waals surface area contributed by atoms with Crippen LogP contribution in [0.15, 0.2) is 35.3 Å². The minimum Gasteiger partial charge on any atom is -0.424 e. The van der Waals surface area contributed by atoms with Gasteiger partial charge in [0.25, 0.3) is 5.95 Å². The molecule has 1 aromatic carbocycles. The Bertz CT molecular complexity index is 784. The summed E-state index contributed by atoms with van der Waals surface area (Å²) >= 11 is 8.86. The van der Waals surface area contributed by atoms with Gasteiger partial charge >= 0.3 is 6.01 Å². The van der Waals surface area contributed by atoms with Crippen LogP contribution >= 0.6 is 27.5 Å². The second-order valence-electron chi connectivity index (χ2n) is 3.71. The Labute approximate surface area is 130 Å². The number of rotatable bonds is 3. The monoisotopic (exact) mass is 370 g/mol. The van der Waals surface area contributed by atoms with Crippen molar-refractivity contribution in [2.24, 2.45) is 0 Å². The van der Waals surface area contributed by atoms with E-state index in [9.17, 15) is 4.39 Å². The molecule has 0 N–H and O–H groups in total. The number of halogens is 3. The van der Waals surface area contributed by atoms with Crippen LogP contribution in [0.1, 0.15) is 0 Å². The molecule has 0 aliphatic heterocycles. The molecular weight excluding hydrogens is 367 g/mol. The first-order valence-electron chi connectivity index (χ1n) is 5.51. The van der Waals surface area contributed by atoms with Crippen molar-refractivity contribution in [3.05, 3.63) is 46.4 Å². The van der Waals surface area contributed by atoms with E-state index in [1.165, 1.54) is 29.5 Å². The first-order chi connectivity index (χ1) is 10.1. The Morgan fingerprint density at radius 3 is 2.81 bits per heavy atom. The molecule has 10 heteroatoms. The Kier molecular flexibility index (Phi) is 3.76. The van der Waals surface area contributed by atoms with Crippen LogP contribution in [0.4, 0.5) is 4.39 Å². The SMILES string of the molecule is Fc1cc(Oc2nc(Cl)nc(-n3cncn3)n2)ccc1Br. The second-order valence-corrected chi connectivity index (χ2v) is 4.90. The zero-order chi connectivity index (χ0) is 14.8. The minimum absolute atomic E-state index is 0.0805. The van der Waals surface area contributed by atoms with Crippen molar-refractivity contribution >= 4 is 27.5 Å². The molecule has 0 amide bonds. The molecule has 2 aromatic heterocycles. The average Bonchev–Trinajstić information content (AvgIpc) is 2.96. The summed E-state index contributed by atoms with van der Waals surface area (Å²) in [6.07, 6.45) is 2.72. The zero-order valence-corrected chi connectivity index (χ0v) is 12.5. The number of nitrogens with zero attached hydrogens (tertiary/aromatic N) is 6. The molecule has 0 bridgehead atoms. The maximum absolute atomic E-state index is 13.4. The molecule has 2 heterocycles. The number of aromatic nitrogens is 6. The standard InChI is InChI=1S/C11H5BrClFN6O/c12-7-2-1-6(3-8(7)14)21-11-18-9(13)17-10(19-11)20-5-15-4-16-20/h1-5H. The summed E-state index contributed by atoms with van der Waals surface area (Å²) in [5.74, 6) is -0.105. The van der Waals surface area contributed by atoms with Gasteiger partial charge in [0.05, 0.1) is 4.47 Å².